The minimum atomic E-state index is -2.29. The van der Waals surface area contributed by atoms with Crippen LogP contribution in [0.4, 0.5) is 22.0 Å². The minimum Gasteiger partial charge on any atom is -0.358 e. The number of nitrogens with zero attached hydrogens (tertiary/aromatic N) is 1. The highest BCUT2D eigenvalue weighted by atomic mass is 19.2. The highest BCUT2D eigenvalue weighted by Crippen LogP contribution is 2.40. The van der Waals surface area contributed by atoms with E-state index >= 15 is 0 Å². The third-order valence-electron chi connectivity index (χ3n) is 5.11. The van der Waals surface area contributed by atoms with Crippen LogP contribution in [0.3, 0.4) is 0 Å². The molecule has 0 bridgehead atoms. The van der Waals surface area contributed by atoms with Gasteiger partial charge in [0.25, 0.3) is 0 Å². The van der Waals surface area contributed by atoms with Gasteiger partial charge in [-0.05, 0) is 38.8 Å². The van der Waals surface area contributed by atoms with Crippen LogP contribution in [-0.2, 0) is 4.79 Å². The van der Waals surface area contributed by atoms with Crippen LogP contribution in [0.25, 0.3) is 5.57 Å². The van der Waals surface area contributed by atoms with E-state index in [9.17, 15) is 31.5 Å². The van der Waals surface area contributed by atoms with Gasteiger partial charge < -0.3 is 4.98 Å². The number of rotatable bonds is 4. The molecule has 0 unspecified atom stereocenters. The van der Waals surface area contributed by atoms with Gasteiger partial charge >= 0.3 is 0 Å². The van der Waals surface area contributed by atoms with Gasteiger partial charge in [-0.2, -0.15) is 0 Å². The Kier molecular flexibility index (Phi) is 5.32. The van der Waals surface area contributed by atoms with E-state index in [4.69, 9.17) is 0 Å². The van der Waals surface area contributed by atoms with Gasteiger partial charge in [0.1, 0.15) is 0 Å². The Morgan fingerprint density at radius 3 is 1.80 bits per heavy atom. The number of aryl methyl sites for hydroxylation is 1. The van der Waals surface area contributed by atoms with Gasteiger partial charge in [-0.3, -0.25) is 14.6 Å². The molecule has 1 aliphatic heterocycles. The van der Waals surface area contributed by atoms with Crippen LogP contribution in [0.5, 0.6) is 0 Å². The summed E-state index contributed by atoms with van der Waals surface area (Å²) in [6.07, 6.45) is 0.995. The fraction of sp³-hybridized carbons (Fsp3) is 0.190. The fourth-order valence-electron chi connectivity index (χ4n) is 3.51. The number of aromatic nitrogens is 1. The summed E-state index contributed by atoms with van der Waals surface area (Å²) in [5.41, 5.74) is -0.557. The Morgan fingerprint density at radius 1 is 0.833 bits per heavy atom. The van der Waals surface area contributed by atoms with Crippen LogP contribution in [-0.4, -0.2) is 23.3 Å². The van der Waals surface area contributed by atoms with E-state index in [0.717, 1.165) is 0 Å². The lowest BCUT2D eigenvalue weighted by Gasteiger charge is -2.15. The van der Waals surface area contributed by atoms with Crippen LogP contribution < -0.4 is 0 Å². The standard InChI is InChI=1S/C21H15F5N2O2/c1-7-11(5-29)9(3)27-20(7)14(21-8(2)12(6-30)10(4)28-21)13-15(22)17(24)19(26)18(25)16(13)23/h5-6,27H,1-4H3/b21-14-. The summed E-state index contributed by atoms with van der Waals surface area (Å²) in [4.78, 5) is 29.7. The lowest BCUT2D eigenvalue weighted by molar-refractivity contribution is -0.104. The second-order valence-electron chi connectivity index (χ2n) is 6.80. The third kappa shape index (κ3) is 2.92. The molecule has 0 spiro atoms. The maximum atomic E-state index is 14.7. The van der Waals surface area contributed by atoms with Crippen molar-refractivity contribution in [3.8, 4) is 0 Å². The summed E-state index contributed by atoms with van der Waals surface area (Å²) in [6, 6.07) is 0. The van der Waals surface area contributed by atoms with E-state index in [2.05, 4.69) is 9.98 Å². The summed E-state index contributed by atoms with van der Waals surface area (Å²) in [6.45, 7) is 5.89. The van der Waals surface area contributed by atoms with Crippen molar-refractivity contribution in [1.29, 1.82) is 0 Å². The van der Waals surface area contributed by atoms with E-state index in [0.29, 0.717) is 18.3 Å². The van der Waals surface area contributed by atoms with Crippen molar-refractivity contribution in [3.63, 3.8) is 0 Å². The lowest BCUT2D eigenvalue weighted by Crippen LogP contribution is -2.09. The Labute approximate surface area is 167 Å². The van der Waals surface area contributed by atoms with Gasteiger partial charge in [0, 0.05) is 28.1 Å². The molecule has 0 fully saturated rings. The first kappa shape index (κ1) is 21.4. The van der Waals surface area contributed by atoms with Gasteiger partial charge in [0.05, 0.1) is 17.0 Å². The number of carbonyl (C=O) groups is 2. The largest absolute Gasteiger partial charge is 0.358 e. The molecule has 1 aromatic carbocycles. The Bertz CT molecular complexity index is 1190. The highest BCUT2D eigenvalue weighted by Gasteiger charge is 2.33. The molecular weight excluding hydrogens is 407 g/mol. The van der Waals surface area contributed by atoms with E-state index in [-0.39, 0.29) is 39.4 Å². The predicted molar refractivity (Wildman–Crippen MR) is 99.8 cm³/mol. The molecule has 0 atom stereocenters. The highest BCUT2D eigenvalue weighted by molar-refractivity contribution is 6.18. The molecule has 30 heavy (non-hydrogen) atoms. The van der Waals surface area contributed by atoms with Gasteiger partial charge in [0.15, 0.2) is 35.8 Å². The fourth-order valence-corrected chi connectivity index (χ4v) is 3.51. The van der Waals surface area contributed by atoms with Gasteiger partial charge in [-0.25, -0.2) is 22.0 Å². The van der Waals surface area contributed by atoms with Crippen LogP contribution in [0.2, 0.25) is 0 Å². The zero-order valence-corrected chi connectivity index (χ0v) is 16.3. The van der Waals surface area contributed by atoms with Crippen LogP contribution in [0.15, 0.2) is 21.8 Å². The summed E-state index contributed by atoms with van der Waals surface area (Å²) in [7, 11) is 0. The molecule has 0 amide bonds. The molecular formula is C21H15F5N2O2. The van der Waals surface area contributed by atoms with Gasteiger partial charge in [-0.15, -0.1) is 0 Å². The van der Waals surface area contributed by atoms with E-state index in [1.54, 1.807) is 0 Å². The smallest absolute Gasteiger partial charge is 0.200 e. The average molecular weight is 422 g/mol. The number of allylic oxidation sites excluding steroid dienone is 2. The predicted octanol–water partition coefficient (Wildman–Crippen LogP) is 4.89. The molecule has 1 aromatic heterocycles. The first-order chi connectivity index (χ1) is 14.1. The molecule has 2 aromatic rings. The molecule has 0 saturated heterocycles. The second-order valence-corrected chi connectivity index (χ2v) is 6.80. The van der Waals surface area contributed by atoms with Crippen LogP contribution in [0.1, 0.15) is 46.7 Å². The Balaban J connectivity index is 2.57. The lowest BCUT2D eigenvalue weighted by atomic mass is 9.93. The Morgan fingerprint density at radius 2 is 1.37 bits per heavy atom. The zero-order valence-electron chi connectivity index (χ0n) is 16.3. The molecule has 0 radical (unpaired) electrons. The van der Waals surface area contributed by atoms with Crippen LogP contribution >= 0.6 is 0 Å². The van der Waals surface area contributed by atoms with Gasteiger partial charge in [-0.1, -0.05) is 0 Å². The monoisotopic (exact) mass is 422 g/mol. The van der Waals surface area contributed by atoms with Gasteiger partial charge in [0.2, 0.25) is 5.82 Å². The first-order valence-corrected chi connectivity index (χ1v) is 8.69. The summed E-state index contributed by atoms with van der Waals surface area (Å²) in [5.74, 6) is -10.6. The maximum absolute atomic E-state index is 14.7. The first-order valence-electron chi connectivity index (χ1n) is 8.69. The molecule has 0 aliphatic carbocycles. The quantitative estimate of drug-likeness (QED) is 0.330. The average Bonchev–Trinajstić information content (AvgIpc) is 3.15. The Hall–Kier alpha value is -3.36. The van der Waals surface area contributed by atoms with Crippen molar-refractivity contribution >= 4 is 23.9 Å². The normalized spacial score (nSPS) is 15.6. The third-order valence-corrected chi connectivity index (χ3v) is 5.11. The van der Waals surface area contributed by atoms with Crippen molar-refractivity contribution in [2.75, 3.05) is 0 Å². The molecule has 4 nitrogen and oxygen atoms in total. The number of H-pyrrole nitrogens is 1. The molecule has 0 saturated carbocycles. The molecule has 1 aliphatic rings. The van der Waals surface area contributed by atoms with Crippen molar-refractivity contribution < 1.29 is 31.5 Å². The molecule has 3 rings (SSSR count). The summed E-state index contributed by atoms with van der Waals surface area (Å²) >= 11 is 0. The number of nitrogens with one attached hydrogen (secondary N) is 1. The van der Waals surface area contributed by atoms with Crippen molar-refractivity contribution in [3.05, 3.63) is 74.0 Å². The number of carbonyl (C=O) groups excluding carboxylic acids is 2. The number of aldehydes is 2. The van der Waals surface area contributed by atoms with Crippen molar-refractivity contribution in [2.24, 2.45) is 4.99 Å². The van der Waals surface area contributed by atoms with E-state index in [1.807, 2.05) is 0 Å². The van der Waals surface area contributed by atoms with E-state index < -0.39 is 40.2 Å². The number of hydrogen-bond acceptors (Lipinski definition) is 3. The molecule has 2 heterocycles. The number of aliphatic imine (C=N–C) groups is 1. The van der Waals surface area contributed by atoms with Crippen molar-refractivity contribution in [2.45, 2.75) is 27.7 Å². The minimum absolute atomic E-state index is 0.0455. The topological polar surface area (TPSA) is 62.3 Å². The van der Waals surface area contributed by atoms with Crippen LogP contribution in [0, 0.1) is 42.9 Å². The number of benzene rings is 1. The zero-order chi connectivity index (χ0) is 22.5. The number of halogens is 5. The number of hydrogen-bond donors (Lipinski definition) is 1. The maximum Gasteiger partial charge on any atom is 0.200 e. The molecule has 1 N–H and O–H groups in total. The summed E-state index contributed by atoms with van der Waals surface area (Å²) in [5, 5.41) is 0. The molecule has 9 heteroatoms. The summed E-state index contributed by atoms with van der Waals surface area (Å²) < 4.78 is 71.1. The van der Waals surface area contributed by atoms with Crippen molar-refractivity contribution in [1.82, 2.24) is 4.98 Å². The van der Waals surface area contributed by atoms with E-state index in [1.165, 1.54) is 27.7 Å². The second kappa shape index (κ2) is 7.47. The number of aromatic amines is 1. The SMILES string of the molecule is CC1=N/C(=C(\c2[nH]c(C)c(C=O)c2C)c2c(F)c(F)c(F)c(F)c2F)C(C)=C1C=O. The molecule has 156 valence electrons.